The minimum atomic E-state index is 0.626. The molecule has 0 spiro atoms. The van der Waals surface area contributed by atoms with E-state index in [1.165, 1.54) is 16.5 Å². The van der Waals surface area contributed by atoms with Crippen LogP contribution in [0.4, 0.5) is 0 Å². The van der Waals surface area contributed by atoms with E-state index < -0.39 is 0 Å². The van der Waals surface area contributed by atoms with E-state index in [2.05, 4.69) is 127 Å². The van der Waals surface area contributed by atoms with Gasteiger partial charge in [0.1, 0.15) is 11.2 Å². The highest BCUT2D eigenvalue weighted by Crippen LogP contribution is 2.42. The largest absolute Gasteiger partial charge is 0.455 e. The second kappa shape index (κ2) is 11.2. The van der Waals surface area contributed by atoms with Gasteiger partial charge in [0.05, 0.1) is 17.0 Å². The Bertz CT molecular complexity index is 2480. The smallest absolute Gasteiger partial charge is 0.164 e. The fourth-order valence-corrected chi connectivity index (χ4v) is 6.55. The van der Waals surface area contributed by atoms with Crippen molar-refractivity contribution in [3.63, 3.8) is 0 Å². The predicted molar refractivity (Wildman–Crippen MR) is 194 cm³/mol. The minimum absolute atomic E-state index is 0.626. The molecule has 0 unspecified atom stereocenters. The third-order valence-electron chi connectivity index (χ3n) is 8.89. The van der Waals surface area contributed by atoms with Gasteiger partial charge in [-0.2, -0.15) is 0 Å². The Morgan fingerprint density at radius 3 is 1.55 bits per heavy atom. The van der Waals surface area contributed by atoms with Gasteiger partial charge in [-0.1, -0.05) is 146 Å². The molecule has 0 saturated heterocycles. The number of benzene rings is 7. The molecule has 0 radical (unpaired) electrons. The zero-order valence-corrected chi connectivity index (χ0v) is 25.5. The molecule has 47 heavy (non-hydrogen) atoms. The van der Waals surface area contributed by atoms with Crippen molar-refractivity contribution in [2.45, 2.75) is 0 Å². The number of fused-ring (bicyclic) bond motifs is 5. The van der Waals surface area contributed by atoms with Crippen molar-refractivity contribution in [2.24, 2.45) is 0 Å². The number of nitrogens with zero attached hydrogens (tertiary/aromatic N) is 2. The molecular formula is C44H28N2O. The van der Waals surface area contributed by atoms with Crippen LogP contribution >= 0.6 is 0 Å². The van der Waals surface area contributed by atoms with Crippen LogP contribution in [0, 0.1) is 0 Å². The van der Waals surface area contributed by atoms with Gasteiger partial charge in [0.25, 0.3) is 0 Å². The Morgan fingerprint density at radius 1 is 0.383 bits per heavy atom. The Hall–Kier alpha value is -6.32. The lowest BCUT2D eigenvalue weighted by atomic mass is 9.95. The van der Waals surface area contributed by atoms with Gasteiger partial charge in [-0.25, -0.2) is 9.97 Å². The lowest BCUT2D eigenvalue weighted by Crippen LogP contribution is -1.96. The van der Waals surface area contributed by atoms with E-state index in [0.29, 0.717) is 5.82 Å². The van der Waals surface area contributed by atoms with Crippen LogP contribution in [0.2, 0.25) is 0 Å². The average Bonchev–Trinajstić information content (AvgIpc) is 3.55. The summed E-state index contributed by atoms with van der Waals surface area (Å²) in [5, 5.41) is 4.49. The van der Waals surface area contributed by atoms with Crippen molar-refractivity contribution < 1.29 is 4.42 Å². The Morgan fingerprint density at radius 2 is 0.915 bits per heavy atom. The molecule has 3 heteroatoms. The molecule has 2 heterocycles. The molecule has 0 aliphatic carbocycles. The maximum atomic E-state index is 6.73. The first-order valence-corrected chi connectivity index (χ1v) is 15.8. The summed E-state index contributed by atoms with van der Waals surface area (Å²) in [5.41, 5.74) is 10.9. The molecule has 3 nitrogen and oxygen atoms in total. The van der Waals surface area contributed by atoms with Crippen molar-refractivity contribution in [3.8, 4) is 56.2 Å². The van der Waals surface area contributed by atoms with Crippen LogP contribution in [0.5, 0.6) is 0 Å². The summed E-state index contributed by atoms with van der Waals surface area (Å²) in [6.45, 7) is 0. The van der Waals surface area contributed by atoms with Crippen molar-refractivity contribution in [2.75, 3.05) is 0 Å². The highest BCUT2D eigenvalue weighted by Gasteiger charge is 2.20. The molecule has 9 aromatic rings. The van der Waals surface area contributed by atoms with Crippen LogP contribution < -0.4 is 0 Å². The standard InChI is InChI=1S/C44H28N2O/c1-4-12-29(13-5-1)30-20-22-31(23-21-30)35-26-37-42-36-19-11-10-14-32(36)24-25-41(42)47-43(37)38(27-35)44-45-39(33-15-6-2-7-16-33)28-40(46-44)34-17-8-3-9-18-34/h1-28H. The molecule has 220 valence electrons. The number of furan rings is 1. The van der Waals surface area contributed by atoms with Crippen LogP contribution in [0.25, 0.3) is 88.9 Å². The van der Waals surface area contributed by atoms with E-state index >= 15 is 0 Å². The van der Waals surface area contributed by atoms with Crippen molar-refractivity contribution in [3.05, 3.63) is 170 Å². The Kier molecular flexibility index (Phi) is 6.46. The Balaban J connectivity index is 1.32. The molecule has 9 rings (SSSR count). The van der Waals surface area contributed by atoms with Crippen LogP contribution in [0.3, 0.4) is 0 Å². The molecule has 2 aromatic heterocycles. The average molecular weight is 601 g/mol. The number of rotatable bonds is 5. The highest BCUT2D eigenvalue weighted by molar-refractivity contribution is 6.21. The van der Waals surface area contributed by atoms with Gasteiger partial charge in [-0.3, -0.25) is 0 Å². The lowest BCUT2D eigenvalue weighted by molar-refractivity contribution is 0.670. The van der Waals surface area contributed by atoms with E-state index in [9.17, 15) is 0 Å². The topological polar surface area (TPSA) is 38.9 Å². The van der Waals surface area contributed by atoms with Gasteiger partial charge < -0.3 is 4.42 Å². The fraction of sp³-hybridized carbons (Fsp3) is 0. The van der Waals surface area contributed by atoms with E-state index in [0.717, 1.165) is 66.5 Å². The molecule has 7 aromatic carbocycles. The van der Waals surface area contributed by atoms with E-state index in [1.807, 2.05) is 42.5 Å². The zero-order chi connectivity index (χ0) is 31.2. The molecule has 0 saturated carbocycles. The molecule has 0 aliphatic rings. The predicted octanol–water partition coefficient (Wildman–Crippen LogP) is 11.9. The second-order valence-electron chi connectivity index (χ2n) is 11.8. The first kappa shape index (κ1) is 27.0. The van der Waals surface area contributed by atoms with Gasteiger partial charge in [0, 0.05) is 21.9 Å². The molecule has 0 fully saturated rings. The Labute approximate surface area is 272 Å². The molecule has 0 N–H and O–H groups in total. The lowest BCUT2D eigenvalue weighted by Gasteiger charge is -2.12. The van der Waals surface area contributed by atoms with Gasteiger partial charge in [-0.15, -0.1) is 0 Å². The van der Waals surface area contributed by atoms with E-state index in [4.69, 9.17) is 14.4 Å². The number of hydrogen-bond acceptors (Lipinski definition) is 3. The summed E-state index contributed by atoms with van der Waals surface area (Å²) in [5.74, 6) is 0.626. The third-order valence-corrected chi connectivity index (χ3v) is 8.89. The first-order valence-electron chi connectivity index (χ1n) is 15.8. The summed E-state index contributed by atoms with van der Waals surface area (Å²) in [4.78, 5) is 10.4. The number of aromatic nitrogens is 2. The first-order chi connectivity index (χ1) is 23.3. The van der Waals surface area contributed by atoms with Crippen molar-refractivity contribution >= 4 is 32.7 Å². The summed E-state index contributed by atoms with van der Waals surface area (Å²) >= 11 is 0. The van der Waals surface area contributed by atoms with Gasteiger partial charge >= 0.3 is 0 Å². The second-order valence-corrected chi connectivity index (χ2v) is 11.8. The van der Waals surface area contributed by atoms with E-state index in [1.54, 1.807) is 0 Å². The monoisotopic (exact) mass is 600 g/mol. The molecule has 0 atom stereocenters. The quantitative estimate of drug-likeness (QED) is 0.197. The molecule has 0 amide bonds. The fourth-order valence-electron chi connectivity index (χ4n) is 6.55. The van der Waals surface area contributed by atoms with Crippen LogP contribution in [-0.4, -0.2) is 9.97 Å². The van der Waals surface area contributed by atoms with Gasteiger partial charge in [0.15, 0.2) is 5.82 Å². The molecule has 0 bridgehead atoms. The van der Waals surface area contributed by atoms with Gasteiger partial charge in [0.2, 0.25) is 0 Å². The molecule has 0 aliphatic heterocycles. The van der Waals surface area contributed by atoms with Crippen LogP contribution in [0.15, 0.2) is 174 Å². The van der Waals surface area contributed by atoms with Gasteiger partial charge in [-0.05, 0) is 57.3 Å². The van der Waals surface area contributed by atoms with Crippen LogP contribution in [0.1, 0.15) is 0 Å². The highest BCUT2D eigenvalue weighted by atomic mass is 16.3. The summed E-state index contributed by atoms with van der Waals surface area (Å²) in [7, 11) is 0. The minimum Gasteiger partial charge on any atom is -0.455 e. The normalized spacial score (nSPS) is 11.4. The summed E-state index contributed by atoms with van der Waals surface area (Å²) in [6, 6.07) is 59.1. The summed E-state index contributed by atoms with van der Waals surface area (Å²) in [6.07, 6.45) is 0. The maximum absolute atomic E-state index is 6.73. The number of hydrogen-bond donors (Lipinski definition) is 0. The SMILES string of the molecule is c1ccc(-c2ccc(-c3cc(-c4nc(-c5ccccc5)cc(-c5ccccc5)n4)c4oc5ccc6ccccc6c5c4c3)cc2)cc1. The third kappa shape index (κ3) is 4.86. The van der Waals surface area contributed by atoms with Crippen molar-refractivity contribution in [1.82, 2.24) is 9.97 Å². The van der Waals surface area contributed by atoms with Crippen molar-refractivity contribution in [1.29, 1.82) is 0 Å². The van der Waals surface area contributed by atoms with Crippen LogP contribution in [-0.2, 0) is 0 Å². The van der Waals surface area contributed by atoms with E-state index in [-0.39, 0.29) is 0 Å². The zero-order valence-electron chi connectivity index (χ0n) is 25.5. The molecular weight excluding hydrogens is 572 g/mol. The summed E-state index contributed by atoms with van der Waals surface area (Å²) < 4.78 is 6.73. The maximum Gasteiger partial charge on any atom is 0.164 e.